The number of carboxylic acids is 1. The Morgan fingerprint density at radius 3 is 2.38 bits per heavy atom. The van der Waals surface area contributed by atoms with Gasteiger partial charge in [-0.05, 0) is 43.0 Å². The summed E-state index contributed by atoms with van der Waals surface area (Å²) < 4.78 is 11.0. The van der Waals surface area contributed by atoms with Crippen LogP contribution in [0.3, 0.4) is 0 Å². The molecule has 1 aliphatic heterocycles. The maximum Gasteiger partial charge on any atom is 0.306 e. The number of rotatable bonds is 7. The molecule has 6 heteroatoms. The molecule has 24 heavy (non-hydrogen) atoms. The molecule has 0 radical (unpaired) electrons. The van der Waals surface area contributed by atoms with Crippen LogP contribution in [-0.2, 0) is 9.59 Å². The summed E-state index contributed by atoms with van der Waals surface area (Å²) in [5.74, 6) is 0.0785. The number of benzene rings is 1. The Kier molecular flexibility index (Phi) is 6.46. The number of hydrogen-bond donors (Lipinski definition) is 1. The number of aliphatic carboxylic acids is 1. The van der Waals surface area contributed by atoms with Crippen LogP contribution in [0.1, 0.15) is 26.7 Å². The molecule has 0 aromatic heterocycles. The molecule has 2 unspecified atom stereocenters. The van der Waals surface area contributed by atoms with E-state index in [1.165, 1.54) is 0 Å². The third kappa shape index (κ3) is 4.88. The smallest absolute Gasteiger partial charge is 0.306 e. The summed E-state index contributed by atoms with van der Waals surface area (Å²) in [6, 6.07) is 7.18. The predicted octanol–water partition coefficient (Wildman–Crippen LogP) is 2.42. The Labute approximate surface area is 142 Å². The third-order valence-corrected chi connectivity index (χ3v) is 4.23. The van der Waals surface area contributed by atoms with Crippen molar-refractivity contribution in [2.45, 2.75) is 26.7 Å². The summed E-state index contributed by atoms with van der Waals surface area (Å²) in [6.07, 6.45) is 1.44. The van der Waals surface area contributed by atoms with Crippen molar-refractivity contribution in [1.29, 1.82) is 0 Å². The molecule has 0 saturated carbocycles. The second kappa shape index (κ2) is 8.57. The van der Waals surface area contributed by atoms with Gasteiger partial charge in [-0.3, -0.25) is 9.59 Å². The molecule has 2 rings (SSSR count). The van der Waals surface area contributed by atoms with Gasteiger partial charge in [0.05, 0.1) is 12.5 Å². The molecule has 6 nitrogen and oxygen atoms in total. The lowest BCUT2D eigenvalue weighted by Gasteiger charge is -2.34. The lowest BCUT2D eigenvalue weighted by Crippen LogP contribution is -2.46. The first kappa shape index (κ1) is 18.1. The minimum Gasteiger partial charge on any atom is -0.494 e. The lowest BCUT2D eigenvalue weighted by molar-refractivity contribution is -0.148. The van der Waals surface area contributed by atoms with E-state index >= 15 is 0 Å². The zero-order valence-corrected chi connectivity index (χ0v) is 14.2. The Hall–Kier alpha value is -2.24. The second-order valence-electron chi connectivity index (χ2n) is 6.16. The highest BCUT2D eigenvalue weighted by Crippen LogP contribution is 2.24. The van der Waals surface area contributed by atoms with Crippen LogP contribution in [0.15, 0.2) is 24.3 Å². The predicted molar refractivity (Wildman–Crippen MR) is 89.2 cm³/mol. The van der Waals surface area contributed by atoms with E-state index in [0.717, 1.165) is 12.2 Å². The average Bonchev–Trinajstić information content (AvgIpc) is 2.58. The van der Waals surface area contributed by atoms with Crippen LogP contribution in [0.5, 0.6) is 11.5 Å². The summed E-state index contributed by atoms with van der Waals surface area (Å²) in [5, 5.41) is 9.12. The molecule has 0 bridgehead atoms. The van der Waals surface area contributed by atoms with E-state index in [2.05, 4.69) is 0 Å². The topological polar surface area (TPSA) is 76.1 Å². The van der Waals surface area contributed by atoms with Crippen LogP contribution in [0.4, 0.5) is 0 Å². The summed E-state index contributed by atoms with van der Waals surface area (Å²) in [5.41, 5.74) is 0. The zero-order valence-electron chi connectivity index (χ0n) is 14.2. The highest BCUT2D eigenvalue weighted by atomic mass is 16.5. The maximum absolute atomic E-state index is 12.2. The number of ether oxygens (including phenoxy) is 2. The Morgan fingerprint density at radius 1 is 1.21 bits per heavy atom. The molecule has 0 spiro atoms. The van der Waals surface area contributed by atoms with Crippen LogP contribution in [-0.4, -0.2) is 48.2 Å². The van der Waals surface area contributed by atoms with Crippen molar-refractivity contribution < 1.29 is 24.2 Å². The summed E-state index contributed by atoms with van der Waals surface area (Å²) in [4.78, 5) is 25.0. The lowest BCUT2D eigenvalue weighted by atomic mass is 9.87. The molecule has 1 heterocycles. The largest absolute Gasteiger partial charge is 0.494 e. The summed E-state index contributed by atoms with van der Waals surface area (Å²) in [6.45, 7) is 5.47. The number of piperidine rings is 1. The summed E-state index contributed by atoms with van der Waals surface area (Å²) in [7, 11) is 0. The van der Waals surface area contributed by atoms with E-state index in [0.29, 0.717) is 31.9 Å². The number of amides is 1. The van der Waals surface area contributed by atoms with Gasteiger partial charge in [0.2, 0.25) is 0 Å². The molecule has 1 N–H and O–H groups in total. The number of likely N-dealkylation sites (tertiary alicyclic amines) is 1. The van der Waals surface area contributed by atoms with Gasteiger partial charge >= 0.3 is 5.97 Å². The van der Waals surface area contributed by atoms with E-state index in [1.807, 2.05) is 26.0 Å². The zero-order chi connectivity index (χ0) is 17.5. The van der Waals surface area contributed by atoms with Crippen molar-refractivity contribution in [3.8, 4) is 11.5 Å². The van der Waals surface area contributed by atoms with E-state index in [4.69, 9.17) is 14.6 Å². The maximum atomic E-state index is 12.2. The molecule has 2 atom stereocenters. The van der Waals surface area contributed by atoms with Gasteiger partial charge in [-0.2, -0.15) is 0 Å². The van der Waals surface area contributed by atoms with Crippen molar-refractivity contribution in [2.75, 3.05) is 26.3 Å². The molecule has 1 fully saturated rings. The van der Waals surface area contributed by atoms with Crippen LogP contribution >= 0.6 is 0 Å². The molecule has 1 aromatic carbocycles. The average molecular weight is 335 g/mol. The van der Waals surface area contributed by atoms with Crippen LogP contribution in [0.2, 0.25) is 0 Å². The van der Waals surface area contributed by atoms with Gasteiger partial charge in [0, 0.05) is 13.1 Å². The normalized spacial score (nSPS) is 20.5. The van der Waals surface area contributed by atoms with Crippen LogP contribution in [0.25, 0.3) is 0 Å². The monoisotopic (exact) mass is 335 g/mol. The summed E-state index contributed by atoms with van der Waals surface area (Å²) >= 11 is 0. The number of carboxylic acid groups (broad SMARTS) is 1. The van der Waals surface area contributed by atoms with Gasteiger partial charge in [-0.15, -0.1) is 0 Å². The standard InChI is InChI=1S/C18H25NO5/c1-3-10-23-14-4-6-15(7-5-14)24-12-17(20)19-9-8-16(18(21)22)13(2)11-19/h4-7,13,16H,3,8-12H2,1-2H3,(H,21,22). The fraction of sp³-hybridized carbons (Fsp3) is 0.556. The van der Waals surface area contributed by atoms with Crippen molar-refractivity contribution in [3.63, 3.8) is 0 Å². The van der Waals surface area contributed by atoms with Gasteiger partial charge in [-0.1, -0.05) is 13.8 Å². The van der Waals surface area contributed by atoms with Crippen molar-refractivity contribution >= 4 is 11.9 Å². The van der Waals surface area contributed by atoms with Crippen molar-refractivity contribution in [3.05, 3.63) is 24.3 Å². The van der Waals surface area contributed by atoms with E-state index in [1.54, 1.807) is 17.0 Å². The first-order valence-electron chi connectivity index (χ1n) is 8.37. The van der Waals surface area contributed by atoms with Crippen LogP contribution < -0.4 is 9.47 Å². The van der Waals surface area contributed by atoms with Crippen LogP contribution in [0, 0.1) is 11.8 Å². The molecule has 1 amide bonds. The molecular weight excluding hydrogens is 310 g/mol. The Balaban J connectivity index is 1.80. The quantitative estimate of drug-likeness (QED) is 0.828. The highest BCUT2D eigenvalue weighted by molar-refractivity contribution is 5.78. The molecular formula is C18H25NO5. The molecule has 1 aromatic rings. The molecule has 1 saturated heterocycles. The number of hydrogen-bond acceptors (Lipinski definition) is 4. The second-order valence-corrected chi connectivity index (χ2v) is 6.16. The number of carbonyl (C=O) groups is 2. The minimum absolute atomic E-state index is 0.0420. The first-order chi connectivity index (χ1) is 11.5. The molecule has 0 aliphatic carbocycles. The third-order valence-electron chi connectivity index (χ3n) is 4.23. The van der Waals surface area contributed by atoms with E-state index in [-0.39, 0.29) is 24.3 Å². The number of nitrogens with zero attached hydrogens (tertiary/aromatic N) is 1. The van der Waals surface area contributed by atoms with Crippen molar-refractivity contribution in [2.24, 2.45) is 11.8 Å². The SMILES string of the molecule is CCCOc1ccc(OCC(=O)N2CCC(C(=O)O)C(C)C2)cc1. The van der Waals surface area contributed by atoms with Crippen molar-refractivity contribution in [1.82, 2.24) is 4.90 Å². The van der Waals surface area contributed by atoms with Gasteiger partial charge in [0.1, 0.15) is 11.5 Å². The van der Waals surface area contributed by atoms with Gasteiger partial charge in [0.15, 0.2) is 6.61 Å². The van der Waals surface area contributed by atoms with E-state index < -0.39 is 5.97 Å². The molecule has 132 valence electrons. The van der Waals surface area contributed by atoms with Gasteiger partial charge in [-0.25, -0.2) is 0 Å². The Morgan fingerprint density at radius 2 is 1.83 bits per heavy atom. The fourth-order valence-electron chi connectivity index (χ4n) is 2.83. The minimum atomic E-state index is -0.781. The fourth-order valence-corrected chi connectivity index (χ4v) is 2.83. The first-order valence-corrected chi connectivity index (χ1v) is 8.37. The highest BCUT2D eigenvalue weighted by Gasteiger charge is 2.32. The molecule has 1 aliphatic rings. The Bertz CT molecular complexity index is 557. The van der Waals surface area contributed by atoms with Gasteiger partial charge in [0.25, 0.3) is 5.91 Å². The van der Waals surface area contributed by atoms with Gasteiger partial charge < -0.3 is 19.5 Å². The number of carbonyl (C=O) groups excluding carboxylic acids is 1. The van der Waals surface area contributed by atoms with E-state index in [9.17, 15) is 9.59 Å².